The normalized spacial score (nSPS) is 21.7. The van der Waals surface area contributed by atoms with Crippen molar-refractivity contribution < 1.29 is 9.53 Å². The van der Waals surface area contributed by atoms with E-state index in [1.54, 1.807) is 0 Å². The van der Waals surface area contributed by atoms with Gasteiger partial charge in [-0.25, -0.2) is 4.79 Å². The van der Waals surface area contributed by atoms with Crippen molar-refractivity contribution in [2.45, 2.75) is 77.9 Å². The van der Waals surface area contributed by atoms with E-state index in [0.29, 0.717) is 12.5 Å². The topological polar surface area (TPSA) is 53.9 Å². The summed E-state index contributed by atoms with van der Waals surface area (Å²) in [5.41, 5.74) is 5.99. The number of hydrogen-bond donors (Lipinski definition) is 1. The molecule has 1 atom stereocenters. The molecule has 1 aromatic carbocycles. The molecule has 2 heterocycles. The van der Waals surface area contributed by atoms with Crippen molar-refractivity contribution in [3.8, 4) is 0 Å². The van der Waals surface area contributed by atoms with E-state index in [2.05, 4.69) is 48.4 Å². The molecule has 31 heavy (non-hydrogen) atoms. The zero-order valence-corrected chi connectivity index (χ0v) is 20.1. The second-order valence-electron chi connectivity index (χ2n) is 10.0. The largest absolute Gasteiger partial charge is 0.444 e. The highest BCUT2D eigenvalue weighted by molar-refractivity contribution is 6.02. The quantitative estimate of drug-likeness (QED) is 0.732. The van der Waals surface area contributed by atoms with Crippen LogP contribution in [-0.4, -0.2) is 55.0 Å². The lowest BCUT2D eigenvalue weighted by atomic mass is 9.83. The van der Waals surface area contributed by atoms with Gasteiger partial charge in [0.05, 0.1) is 6.04 Å². The maximum Gasteiger partial charge on any atom is 0.410 e. The molecule has 0 radical (unpaired) electrons. The van der Waals surface area contributed by atoms with Gasteiger partial charge in [-0.1, -0.05) is 43.7 Å². The molecule has 1 fully saturated rings. The highest BCUT2D eigenvalue weighted by atomic mass is 16.6. The van der Waals surface area contributed by atoms with Crippen molar-refractivity contribution in [1.82, 2.24) is 10.2 Å². The second-order valence-corrected chi connectivity index (χ2v) is 10.0. The Kier molecular flexibility index (Phi) is 7.58. The third-order valence-corrected chi connectivity index (χ3v) is 6.12. The van der Waals surface area contributed by atoms with Gasteiger partial charge in [0.15, 0.2) is 0 Å². The number of fused-ring (bicyclic) bond motifs is 1. The highest BCUT2D eigenvalue weighted by Crippen LogP contribution is 2.31. The van der Waals surface area contributed by atoms with Crippen LogP contribution in [0.15, 0.2) is 40.4 Å². The number of ether oxygens (including phenoxy) is 1. The first kappa shape index (κ1) is 23.5. The molecule has 1 saturated heterocycles. The van der Waals surface area contributed by atoms with Gasteiger partial charge in [-0.05, 0) is 75.6 Å². The van der Waals surface area contributed by atoms with Crippen molar-refractivity contribution >= 4 is 11.8 Å². The molecule has 1 N–H and O–H groups in total. The van der Waals surface area contributed by atoms with E-state index in [9.17, 15) is 4.79 Å². The lowest BCUT2D eigenvalue weighted by Gasteiger charge is -2.41. The first-order chi connectivity index (χ1) is 14.7. The van der Waals surface area contributed by atoms with Gasteiger partial charge < -0.3 is 10.1 Å². The zero-order chi connectivity index (χ0) is 22.6. The monoisotopic (exact) mass is 425 g/mol. The van der Waals surface area contributed by atoms with E-state index in [4.69, 9.17) is 4.74 Å². The first-order valence-electron chi connectivity index (χ1n) is 11.7. The van der Waals surface area contributed by atoms with Crippen LogP contribution >= 0.6 is 0 Å². The Balaban J connectivity index is 1.95. The van der Waals surface area contributed by atoms with E-state index < -0.39 is 5.60 Å². The molecule has 2 aliphatic heterocycles. The number of aliphatic imine (C=N–C) groups is 1. The molecule has 0 aliphatic carbocycles. The lowest BCUT2D eigenvalue weighted by Crippen LogP contribution is -2.53. The Bertz CT molecular complexity index is 831. The predicted molar refractivity (Wildman–Crippen MR) is 128 cm³/mol. The summed E-state index contributed by atoms with van der Waals surface area (Å²) in [7, 11) is 1.88. The standard InChI is InChI=1S/C26H39N3O2/c1-18(2)20-11-9-19(10-12-20)16-21-13-15-29(25(30)31-26(3,4)5)23-17-28-14-7-8-22(27-6)24(21)23/h9-12,18,23,28H,7-8,13-17H2,1-6H3. The molecule has 0 saturated carbocycles. The lowest BCUT2D eigenvalue weighted by molar-refractivity contribution is 0.0182. The molecule has 5 nitrogen and oxygen atoms in total. The third kappa shape index (κ3) is 5.97. The predicted octanol–water partition coefficient (Wildman–Crippen LogP) is 5.11. The van der Waals surface area contributed by atoms with E-state index in [1.807, 2.05) is 32.7 Å². The molecule has 0 bridgehead atoms. The smallest absolute Gasteiger partial charge is 0.410 e. The van der Waals surface area contributed by atoms with Gasteiger partial charge in [-0.3, -0.25) is 9.89 Å². The van der Waals surface area contributed by atoms with E-state index in [0.717, 1.165) is 44.5 Å². The molecule has 1 unspecified atom stereocenters. The molecule has 0 aromatic heterocycles. The SMILES string of the molecule is CN=C1CCCNCC2C1=C(Cc1ccc(C(C)C)cc1)CCN2C(=O)OC(C)(C)C. The average Bonchev–Trinajstić information content (AvgIpc) is 2.68. The number of rotatable bonds is 3. The molecule has 0 spiro atoms. The van der Waals surface area contributed by atoms with Gasteiger partial charge in [0, 0.05) is 25.8 Å². The Morgan fingerprint density at radius 2 is 1.94 bits per heavy atom. The number of nitrogens with one attached hydrogen (secondary N) is 1. The third-order valence-electron chi connectivity index (χ3n) is 6.12. The van der Waals surface area contributed by atoms with E-state index >= 15 is 0 Å². The fraction of sp³-hybridized carbons (Fsp3) is 0.615. The maximum absolute atomic E-state index is 13.0. The maximum atomic E-state index is 13.0. The van der Waals surface area contributed by atoms with Crippen LogP contribution in [0.1, 0.15) is 70.9 Å². The van der Waals surface area contributed by atoms with Crippen molar-refractivity contribution in [3.05, 3.63) is 46.5 Å². The van der Waals surface area contributed by atoms with Crippen LogP contribution < -0.4 is 5.32 Å². The minimum absolute atomic E-state index is 0.0347. The Morgan fingerprint density at radius 1 is 1.23 bits per heavy atom. The minimum atomic E-state index is -0.504. The molecule has 170 valence electrons. The molecule has 5 heteroatoms. The van der Waals surface area contributed by atoms with Crippen molar-refractivity contribution in [2.24, 2.45) is 4.99 Å². The fourth-order valence-corrected chi connectivity index (χ4v) is 4.52. The summed E-state index contributed by atoms with van der Waals surface area (Å²) in [5.74, 6) is 0.535. The van der Waals surface area contributed by atoms with Gasteiger partial charge >= 0.3 is 6.09 Å². The summed E-state index contributed by atoms with van der Waals surface area (Å²) < 4.78 is 5.75. The van der Waals surface area contributed by atoms with Gasteiger partial charge in [0.2, 0.25) is 0 Å². The fourth-order valence-electron chi connectivity index (χ4n) is 4.52. The van der Waals surface area contributed by atoms with Crippen molar-refractivity contribution in [3.63, 3.8) is 0 Å². The summed E-state index contributed by atoms with van der Waals surface area (Å²) in [6, 6.07) is 8.96. The number of nitrogens with zero attached hydrogens (tertiary/aromatic N) is 2. The number of carbonyl (C=O) groups is 1. The van der Waals surface area contributed by atoms with Crippen LogP contribution in [0.3, 0.4) is 0 Å². The molecule has 3 rings (SSSR count). The zero-order valence-electron chi connectivity index (χ0n) is 20.1. The summed E-state index contributed by atoms with van der Waals surface area (Å²) in [6.07, 6.45) is 3.54. The molecule has 1 aromatic rings. The number of amides is 1. The van der Waals surface area contributed by atoms with Crippen LogP contribution in [0.4, 0.5) is 4.79 Å². The van der Waals surface area contributed by atoms with Crippen LogP contribution in [0.25, 0.3) is 0 Å². The van der Waals surface area contributed by atoms with E-state index in [-0.39, 0.29) is 12.1 Å². The van der Waals surface area contributed by atoms with Gasteiger partial charge in [0.25, 0.3) is 0 Å². The van der Waals surface area contributed by atoms with Crippen LogP contribution in [0.2, 0.25) is 0 Å². The number of benzene rings is 1. The molecule has 2 aliphatic rings. The van der Waals surface area contributed by atoms with Crippen LogP contribution in [0, 0.1) is 0 Å². The van der Waals surface area contributed by atoms with Gasteiger partial charge in [0.1, 0.15) is 5.60 Å². The summed E-state index contributed by atoms with van der Waals surface area (Å²) >= 11 is 0. The highest BCUT2D eigenvalue weighted by Gasteiger charge is 2.37. The summed E-state index contributed by atoms with van der Waals surface area (Å²) in [6.45, 7) is 12.6. The summed E-state index contributed by atoms with van der Waals surface area (Å²) in [4.78, 5) is 19.6. The Hall–Kier alpha value is -2.14. The molecular weight excluding hydrogens is 386 g/mol. The van der Waals surface area contributed by atoms with E-state index in [1.165, 1.54) is 22.3 Å². The van der Waals surface area contributed by atoms with Crippen molar-refractivity contribution in [2.75, 3.05) is 26.7 Å². The van der Waals surface area contributed by atoms with Crippen LogP contribution in [0.5, 0.6) is 0 Å². The Morgan fingerprint density at radius 3 is 2.55 bits per heavy atom. The first-order valence-corrected chi connectivity index (χ1v) is 11.7. The Labute approximate surface area is 188 Å². The molecule has 1 amide bonds. The average molecular weight is 426 g/mol. The number of carbonyl (C=O) groups excluding carboxylic acids is 1. The summed E-state index contributed by atoms with van der Waals surface area (Å²) in [5, 5.41) is 3.54. The molecular formula is C26H39N3O2. The van der Waals surface area contributed by atoms with Crippen molar-refractivity contribution in [1.29, 1.82) is 0 Å². The van der Waals surface area contributed by atoms with Crippen LogP contribution in [-0.2, 0) is 11.2 Å². The van der Waals surface area contributed by atoms with Gasteiger partial charge in [-0.2, -0.15) is 0 Å². The van der Waals surface area contributed by atoms with Gasteiger partial charge in [-0.15, -0.1) is 0 Å². The number of hydrogen-bond acceptors (Lipinski definition) is 4. The second kappa shape index (κ2) is 9.99. The minimum Gasteiger partial charge on any atom is -0.444 e.